The Morgan fingerprint density at radius 2 is 1.89 bits per heavy atom. The molecule has 0 aromatic heterocycles. The maximum absolute atomic E-state index is 13.2. The molecule has 1 nitrogen and oxygen atoms in total. The van der Waals surface area contributed by atoms with Gasteiger partial charge in [-0.3, -0.25) is 0 Å². The zero-order chi connectivity index (χ0) is 14.6. The summed E-state index contributed by atoms with van der Waals surface area (Å²) < 4.78 is 51.2. The maximum atomic E-state index is 13.2. The van der Waals surface area contributed by atoms with Gasteiger partial charge in [0.05, 0.1) is 5.56 Å². The van der Waals surface area contributed by atoms with Crippen LogP contribution in [0.1, 0.15) is 43.9 Å². The summed E-state index contributed by atoms with van der Waals surface area (Å²) in [5, 5.41) is 2.99. The minimum absolute atomic E-state index is 0.198. The third-order valence-electron chi connectivity index (χ3n) is 3.38. The van der Waals surface area contributed by atoms with Crippen molar-refractivity contribution in [1.29, 1.82) is 0 Å². The third kappa shape index (κ3) is 4.20. The molecule has 1 N–H and O–H groups in total. The summed E-state index contributed by atoms with van der Waals surface area (Å²) in [7, 11) is 1.70. The zero-order valence-electron chi connectivity index (χ0n) is 11.3. The lowest BCUT2D eigenvalue weighted by Crippen LogP contribution is -2.20. The second-order valence-electron chi connectivity index (χ2n) is 4.83. The normalized spacial score (nSPS) is 15.3. The number of benzene rings is 1. The summed E-state index contributed by atoms with van der Waals surface area (Å²) in [6, 6.07) is 3.00. The fourth-order valence-corrected chi connectivity index (χ4v) is 1.97. The molecule has 0 aliphatic heterocycles. The van der Waals surface area contributed by atoms with Crippen LogP contribution in [0.4, 0.5) is 17.6 Å². The van der Waals surface area contributed by atoms with Crippen molar-refractivity contribution in [2.45, 2.75) is 38.9 Å². The molecule has 0 spiro atoms. The lowest BCUT2D eigenvalue weighted by atomic mass is 9.93. The molecule has 1 aromatic carbocycles. The van der Waals surface area contributed by atoms with Crippen LogP contribution in [0.5, 0.6) is 0 Å². The first-order chi connectivity index (χ1) is 8.79. The van der Waals surface area contributed by atoms with E-state index in [-0.39, 0.29) is 6.04 Å². The number of halogens is 4. The molecule has 19 heavy (non-hydrogen) atoms. The standard InChI is InChI=1S/C14H19F4N/c1-4-9(2)7-13(19-3)10-5-6-12(15)11(8-10)14(16,17)18/h5-6,8-9,13,19H,4,7H2,1-3H3. The molecular weight excluding hydrogens is 258 g/mol. The average Bonchev–Trinajstić information content (AvgIpc) is 2.35. The van der Waals surface area contributed by atoms with E-state index < -0.39 is 17.6 Å². The van der Waals surface area contributed by atoms with Gasteiger partial charge in [-0.15, -0.1) is 0 Å². The Balaban J connectivity index is 3.06. The molecule has 1 rings (SSSR count). The second kappa shape index (κ2) is 6.37. The van der Waals surface area contributed by atoms with E-state index in [0.717, 1.165) is 25.0 Å². The Hall–Kier alpha value is -1.10. The van der Waals surface area contributed by atoms with Gasteiger partial charge in [-0.05, 0) is 37.1 Å². The van der Waals surface area contributed by atoms with Gasteiger partial charge in [0.25, 0.3) is 0 Å². The maximum Gasteiger partial charge on any atom is 0.419 e. The molecule has 0 saturated carbocycles. The van der Waals surface area contributed by atoms with Gasteiger partial charge in [0.15, 0.2) is 0 Å². The van der Waals surface area contributed by atoms with Crippen LogP contribution in [-0.4, -0.2) is 7.05 Å². The quantitative estimate of drug-likeness (QED) is 0.779. The van der Waals surface area contributed by atoms with Gasteiger partial charge in [-0.2, -0.15) is 13.2 Å². The highest BCUT2D eigenvalue weighted by Gasteiger charge is 2.34. The molecule has 0 radical (unpaired) electrons. The summed E-state index contributed by atoms with van der Waals surface area (Å²) in [5.41, 5.74) is -0.731. The van der Waals surface area contributed by atoms with Gasteiger partial charge in [0, 0.05) is 6.04 Å². The molecule has 0 aliphatic carbocycles. The molecule has 5 heteroatoms. The average molecular weight is 277 g/mol. The molecule has 0 amide bonds. The number of alkyl halides is 3. The van der Waals surface area contributed by atoms with E-state index in [1.165, 1.54) is 6.07 Å². The van der Waals surface area contributed by atoms with Gasteiger partial charge in [0.1, 0.15) is 5.82 Å². The summed E-state index contributed by atoms with van der Waals surface area (Å²) in [5.74, 6) is -0.841. The highest BCUT2D eigenvalue weighted by molar-refractivity contribution is 5.29. The molecule has 0 bridgehead atoms. The van der Waals surface area contributed by atoms with Gasteiger partial charge in [-0.1, -0.05) is 26.3 Å². The smallest absolute Gasteiger partial charge is 0.313 e. The van der Waals surface area contributed by atoms with Crippen molar-refractivity contribution in [1.82, 2.24) is 5.32 Å². The molecule has 2 atom stereocenters. The fraction of sp³-hybridized carbons (Fsp3) is 0.571. The molecule has 108 valence electrons. The largest absolute Gasteiger partial charge is 0.419 e. The molecule has 0 heterocycles. The van der Waals surface area contributed by atoms with E-state index in [9.17, 15) is 17.6 Å². The van der Waals surface area contributed by atoms with Crippen LogP contribution in [0.2, 0.25) is 0 Å². The van der Waals surface area contributed by atoms with E-state index >= 15 is 0 Å². The van der Waals surface area contributed by atoms with E-state index in [2.05, 4.69) is 5.32 Å². The Labute approximate surface area is 111 Å². The first kappa shape index (κ1) is 16.0. The van der Waals surface area contributed by atoms with E-state index in [1.54, 1.807) is 7.05 Å². The lowest BCUT2D eigenvalue weighted by molar-refractivity contribution is -0.140. The summed E-state index contributed by atoms with van der Waals surface area (Å²) in [6.07, 6.45) is -2.99. The first-order valence-corrected chi connectivity index (χ1v) is 6.33. The van der Waals surface area contributed by atoms with E-state index in [4.69, 9.17) is 0 Å². The van der Waals surface area contributed by atoms with Crippen LogP contribution in [0.15, 0.2) is 18.2 Å². The van der Waals surface area contributed by atoms with Crippen molar-refractivity contribution >= 4 is 0 Å². The second-order valence-corrected chi connectivity index (χ2v) is 4.83. The highest BCUT2D eigenvalue weighted by atomic mass is 19.4. The predicted octanol–water partition coefficient (Wildman–Crippen LogP) is 4.54. The highest BCUT2D eigenvalue weighted by Crippen LogP contribution is 2.34. The minimum atomic E-state index is -4.66. The number of hydrogen-bond donors (Lipinski definition) is 1. The minimum Gasteiger partial charge on any atom is -0.313 e. The first-order valence-electron chi connectivity index (χ1n) is 6.33. The molecular formula is C14H19F4N. The summed E-state index contributed by atoms with van der Waals surface area (Å²) >= 11 is 0. The molecule has 2 unspecified atom stereocenters. The monoisotopic (exact) mass is 277 g/mol. The lowest BCUT2D eigenvalue weighted by Gasteiger charge is -2.21. The fourth-order valence-electron chi connectivity index (χ4n) is 1.97. The number of nitrogens with one attached hydrogen (secondary N) is 1. The van der Waals surface area contributed by atoms with Crippen LogP contribution >= 0.6 is 0 Å². The molecule has 0 saturated heterocycles. The van der Waals surface area contributed by atoms with Crippen molar-refractivity contribution in [3.05, 3.63) is 35.1 Å². The van der Waals surface area contributed by atoms with E-state index in [0.29, 0.717) is 11.5 Å². The molecule has 0 fully saturated rings. The van der Waals surface area contributed by atoms with Crippen LogP contribution in [0, 0.1) is 11.7 Å². The summed E-state index contributed by atoms with van der Waals surface area (Å²) in [6.45, 7) is 4.07. The number of rotatable bonds is 5. The van der Waals surface area contributed by atoms with Crippen LogP contribution in [0.3, 0.4) is 0 Å². The van der Waals surface area contributed by atoms with Crippen molar-refractivity contribution in [2.75, 3.05) is 7.05 Å². The number of hydrogen-bond acceptors (Lipinski definition) is 1. The zero-order valence-corrected chi connectivity index (χ0v) is 11.3. The Bertz CT molecular complexity index is 414. The molecule has 1 aromatic rings. The van der Waals surface area contributed by atoms with Crippen molar-refractivity contribution < 1.29 is 17.6 Å². The van der Waals surface area contributed by atoms with Crippen molar-refractivity contribution in [3.8, 4) is 0 Å². The third-order valence-corrected chi connectivity index (χ3v) is 3.38. The van der Waals surface area contributed by atoms with Gasteiger partial charge in [0.2, 0.25) is 0 Å². The van der Waals surface area contributed by atoms with E-state index in [1.807, 2.05) is 13.8 Å². The van der Waals surface area contributed by atoms with Gasteiger partial charge in [-0.25, -0.2) is 4.39 Å². The van der Waals surface area contributed by atoms with Crippen molar-refractivity contribution in [3.63, 3.8) is 0 Å². The Morgan fingerprint density at radius 1 is 1.26 bits per heavy atom. The topological polar surface area (TPSA) is 12.0 Å². The predicted molar refractivity (Wildman–Crippen MR) is 67.3 cm³/mol. The SMILES string of the molecule is CCC(C)CC(NC)c1ccc(F)c(C(F)(F)F)c1. The summed E-state index contributed by atoms with van der Waals surface area (Å²) in [4.78, 5) is 0. The van der Waals surface area contributed by atoms with Crippen LogP contribution in [-0.2, 0) is 6.18 Å². The van der Waals surface area contributed by atoms with Crippen LogP contribution in [0.25, 0.3) is 0 Å². The van der Waals surface area contributed by atoms with Gasteiger partial charge < -0.3 is 5.32 Å². The Kier molecular flexibility index (Phi) is 5.35. The molecule has 0 aliphatic rings. The van der Waals surface area contributed by atoms with Crippen molar-refractivity contribution in [2.24, 2.45) is 5.92 Å². The van der Waals surface area contributed by atoms with Gasteiger partial charge >= 0.3 is 6.18 Å². The van der Waals surface area contributed by atoms with Crippen LogP contribution < -0.4 is 5.32 Å². The Morgan fingerprint density at radius 3 is 2.37 bits per heavy atom.